The van der Waals surface area contributed by atoms with E-state index in [1.807, 2.05) is 24.5 Å². The molecule has 0 fully saturated rings. The first-order valence-electron chi connectivity index (χ1n) is 5.64. The lowest BCUT2D eigenvalue weighted by molar-refractivity contribution is -0.133. The molecule has 0 aliphatic carbocycles. The summed E-state index contributed by atoms with van der Waals surface area (Å²) in [6.45, 7) is 4.05. The Labute approximate surface area is 141 Å². The lowest BCUT2D eigenvalue weighted by atomic mass is 10.3. The third-order valence-electron chi connectivity index (χ3n) is 2.37. The van der Waals surface area contributed by atoms with Crippen molar-refractivity contribution in [3.05, 3.63) is 14.3 Å². The Morgan fingerprint density at radius 2 is 2.20 bits per heavy atom. The fourth-order valence-electron chi connectivity index (χ4n) is 1.59. The van der Waals surface area contributed by atoms with E-state index >= 15 is 0 Å². The molecule has 0 aliphatic rings. The molecule has 0 unspecified atom stereocenters. The number of hydrogen-bond acceptors (Lipinski definition) is 5. The zero-order chi connectivity index (χ0) is 14.9. The van der Waals surface area contributed by atoms with E-state index in [4.69, 9.17) is 5.11 Å². The number of thioether (sulfide) groups is 1. The number of thiophene rings is 1. The van der Waals surface area contributed by atoms with Gasteiger partial charge in [-0.15, -0.1) is 21.5 Å². The number of aromatic nitrogens is 3. The van der Waals surface area contributed by atoms with Crippen molar-refractivity contribution in [2.24, 2.45) is 0 Å². The van der Waals surface area contributed by atoms with E-state index < -0.39 is 5.97 Å². The molecular formula is C11H11Br2N3O2S2. The molecule has 2 heterocycles. The van der Waals surface area contributed by atoms with E-state index in [2.05, 4.69) is 42.1 Å². The molecule has 0 saturated heterocycles. The van der Waals surface area contributed by atoms with Crippen LogP contribution in [0.4, 0.5) is 0 Å². The molecule has 108 valence electrons. The van der Waals surface area contributed by atoms with Gasteiger partial charge < -0.3 is 5.11 Å². The van der Waals surface area contributed by atoms with Gasteiger partial charge in [-0.3, -0.25) is 9.36 Å². The molecule has 0 radical (unpaired) electrons. The van der Waals surface area contributed by atoms with Gasteiger partial charge >= 0.3 is 5.97 Å². The maximum Gasteiger partial charge on any atom is 0.313 e. The molecule has 9 heteroatoms. The van der Waals surface area contributed by atoms with Gasteiger partial charge in [0, 0.05) is 10.5 Å². The lowest BCUT2D eigenvalue weighted by Gasteiger charge is -2.12. The highest BCUT2D eigenvalue weighted by Crippen LogP contribution is 2.39. The van der Waals surface area contributed by atoms with Gasteiger partial charge in [-0.2, -0.15) is 0 Å². The first-order chi connectivity index (χ1) is 9.40. The van der Waals surface area contributed by atoms with Gasteiger partial charge in [0.15, 0.2) is 11.0 Å². The summed E-state index contributed by atoms with van der Waals surface area (Å²) < 4.78 is 3.92. The van der Waals surface area contributed by atoms with Crippen LogP contribution in [0.1, 0.15) is 19.9 Å². The molecule has 0 bridgehead atoms. The van der Waals surface area contributed by atoms with Crippen molar-refractivity contribution in [3.8, 4) is 10.7 Å². The maximum atomic E-state index is 10.7. The Balaban J connectivity index is 2.41. The molecule has 0 atom stereocenters. The Kier molecular flexibility index (Phi) is 5.27. The van der Waals surface area contributed by atoms with Crippen molar-refractivity contribution >= 4 is 60.9 Å². The molecule has 0 saturated carbocycles. The van der Waals surface area contributed by atoms with Crippen LogP contribution in [-0.2, 0) is 4.79 Å². The summed E-state index contributed by atoms with van der Waals surface area (Å²) in [6, 6.07) is 2.12. The second-order valence-corrected chi connectivity index (χ2v) is 8.35. The predicted octanol–water partition coefficient (Wildman–Crippen LogP) is 4.29. The van der Waals surface area contributed by atoms with Crippen molar-refractivity contribution < 1.29 is 9.90 Å². The number of carboxylic acids is 1. The highest BCUT2D eigenvalue weighted by molar-refractivity contribution is 9.13. The second-order valence-electron chi connectivity index (χ2n) is 4.18. The average Bonchev–Trinajstić information content (AvgIpc) is 2.91. The second kappa shape index (κ2) is 6.59. The number of hydrogen-bond donors (Lipinski definition) is 1. The summed E-state index contributed by atoms with van der Waals surface area (Å²) in [4.78, 5) is 11.7. The van der Waals surface area contributed by atoms with Crippen molar-refractivity contribution in [2.75, 3.05) is 5.75 Å². The monoisotopic (exact) mass is 439 g/mol. The molecule has 0 aliphatic heterocycles. The van der Waals surface area contributed by atoms with Crippen molar-refractivity contribution in [3.63, 3.8) is 0 Å². The number of halogens is 2. The summed E-state index contributed by atoms with van der Waals surface area (Å²) in [5.74, 6) is -0.136. The minimum absolute atomic E-state index is 0.0251. The Hall–Kier alpha value is -0.380. The highest BCUT2D eigenvalue weighted by Gasteiger charge is 2.19. The Morgan fingerprint density at radius 3 is 2.70 bits per heavy atom. The van der Waals surface area contributed by atoms with Gasteiger partial charge in [0.2, 0.25) is 0 Å². The summed E-state index contributed by atoms with van der Waals surface area (Å²) >= 11 is 9.66. The van der Waals surface area contributed by atoms with Crippen LogP contribution in [0.2, 0.25) is 0 Å². The number of nitrogens with zero attached hydrogens (tertiary/aromatic N) is 3. The van der Waals surface area contributed by atoms with E-state index in [9.17, 15) is 4.79 Å². The van der Waals surface area contributed by atoms with E-state index in [0.717, 1.165) is 19.0 Å². The van der Waals surface area contributed by atoms with E-state index in [0.29, 0.717) is 5.16 Å². The van der Waals surface area contributed by atoms with Crippen LogP contribution >= 0.6 is 55.0 Å². The van der Waals surface area contributed by atoms with Gasteiger partial charge in [0.05, 0.1) is 14.4 Å². The van der Waals surface area contributed by atoms with Crippen molar-refractivity contribution in [1.82, 2.24) is 14.8 Å². The molecule has 2 rings (SSSR count). The van der Waals surface area contributed by atoms with Crippen LogP contribution in [0.5, 0.6) is 0 Å². The number of rotatable bonds is 5. The van der Waals surface area contributed by atoms with Gasteiger partial charge in [-0.1, -0.05) is 11.8 Å². The molecule has 1 N–H and O–H groups in total. The van der Waals surface area contributed by atoms with Gasteiger partial charge in [-0.25, -0.2) is 0 Å². The summed E-state index contributed by atoms with van der Waals surface area (Å²) in [7, 11) is 0. The van der Waals surface area contributed by atoms with E-state index in [-0.39, 0.29) is 11.8 Å². The Morgan fingerprint density at radius 1 is 1.50 bits per heavy atom. The standard InChI is InChI=1S/C11H11Br2N3O2S2/c1-5(2)16-10(7-3-6(12)9(13)20-7)14-15-11(16)19-4-8(17)18/h3,5H,4H2,1-2H3,(H,17,18). The average molecular weight is 441 g/mol. The minimum atomic E-state index is -0.864. The Bertz CT molecular complexity index is 620. The smallest absolute Gasteiger partial charge is 0.313 e. The number of carbonyl (C=O) groups is 1. The quantitative estimate of drug-likeness (QED) is 0.702. The molecule has 0 spiro atoms. The van der Waals surface area contributed by atoms with Crippen LogP contribution in [0.3, 0.4) is 0 Å². The molecule has 20 heavy (non-hydrogen) atoms. The van der Waals surface area contributed by atoms with Crippen molar-refractivity contribution in [2.45, 2.75) is 25.0 Å². The summed E-state index contributed by atoms with van der Waals surface area (Å²) in [6.07, 6.45) is 0. The third-order valence-corrected chi connectivity index (χ3v) is 6.55. The summed E-state index contributed by atoms with van der Waals surface area (Å²) in [5.41, 5.74) is 0. The fourth-order valence-corrected chi connectivity index (χ4v) is 4.40. The summed E-state index contributed by atoms with van der Waals surface area (Å²) in [5, 5.41) is 17.7. The number of carboxylic acid groups (broad SMARTS) is 1. The van der Waals surface area contributed by atoms with Crippen LogP contribution in [0.15, 0.2) is 19.5 Å². The van der Waals surface area contributed by atoms with Crippen molar-refractivity contribution in [1.29, 1.82) is 0 Å². The van der Waals surface area contributed by atoms with Crippen LogP contribution in [0.25, 0.3) is 10.7 Å². The van der Waals surface area contributed by atoms with E-state index in [1.165, 1.54) is 11.8 Å². The number of aliphatic carboxylic acids is 1. The van der Waals surface area contributed by atoms with Gasteiger partial charge in [0.1, 0.15) is 0 Å². The third kappa shape index (κ3) is 3.44. The molecule has 5 nitrogen and oxygen atoms in total. The first kappa shape index (κ1) is 16.0. The molecule has 0 aromatic carbocycles. The van der Waals surface area contributed by atoms with Gasteiger partial charge in [0.25, 0.3) is 0 Å². The SMILES string of the molecule is CC(C)n1c(SCC(=O)O)nnc1-c1cc(Br)c(Br)s1. The maximum absolute atomic E-state index is 10.7. The zero-order valence-electron chi connectivity index (χ0n) is 10.6. The largest absolute Gasteiger partial charge is 0.481 e. The first-order valence-corrected chi connectivity index (χ1v) is 9.03. The van der Waals surface area contributed by atoms with Crippen LogP contribution in [0, 0.1) is 0 Å². The predicted molar refractivity (Wildman–Crippen MR) is 87.5 cm³/mol. The zero-order valence-corrected chi connectivity index (χ0v) is 15.4. The fraction of sp³-hybridized carbons (Fsp3) is 0.364. The topological polar surface area (TPSA) is 68.0 Å². The minimum Gasteiger partial charge on any atom is -0.481 e. The molecular weight excluding hydrogens is 430 g/mol. The van der Waals surface area contributed by atoms with Gasteiger partial charge in [-0.05, 0) is 51.8 Å². The molecule has 0 amide bonds. The highest BCUT2D eigenvalue weighted by atomic mass is 79.9. The van der Waals surface area contributed by atoms with E-state index in [1.54, 1.807) is 11.3 Å². The van der Waals surface area contributed by atoms with Crippen LogP contribution < -0.4 is 0 Å². The molecule has 2 aromatic rings. The normalized spacial score (nSPS) is 11.2. The molecule has 2 aromatic heterocycles. The van der Waals surface area contributed by atoms with Crippen LogP contribution in [-0.4, -0.2) is 31.6 Å². The lowest BCUT2D eigenvalue weighted by Crippen LogP contribution is -2.06.